The van der Waals surface area contributed by atoms with Gasteiger partial charge < -0.3 is 14.6 Å². The number of nitrogens with zero attached hydrogens (tertiary/aromatic N) is 7. The van der Waals surface area contributed by atoms with Crippen molar-refractivity contribution >= 4 is 12.0 Å². The molecule has 2 N–H and O–H groups in total. The van der Waals surface area contributed by atoms with E-state index < -0.39 is 11.7 Å². The van der Waals surface area contributed by atoms with Crippen molar-refractivity contribution < 1.29 is 17.6 Å². The minimum atomic E-state index is -4.33. The van der Waals surface area contributed by atoms with E-state index in [0.717, 1.165) is 36.5 Å². The standard InChI is InChI=1S/C22H20F3N9O/c23-22(24,25)14-3-1-12(2-4-14)5-6-26-20-27-7-13(8-28-20)19-31-32-21(35-19)34-10-15-16(11-34)18(15)17-9-29-33-30-17/h1-4,7-9,15-16,18H,5-6,10-11H2,(H,26,27,28)(H,29,30,33)/t15-,16+,18?. The number of piperidine rings is 1. The van der Waals surface area contributed by atoms with Crippen LogP contribution in [0.3, 0.4) is 0 Å². The second-order valence-electron chi connectivity index (χ2n) is 8.71. The monoisotopic (exact) mass is 483 g/mol. The Labute approximate surface area is 197 Å². The maximum absolute atomic E-state index is 12.7. The fraction of sp³-hybridized carbons (Fsp3) is 0.364. The van der Waals surface area contributed by atoms with Gasteiger partial charge >= 0.3 is 12.2 Å². The smallest absolute Gasteiger partial charge is 0.403 e. The Balaban J connectivity index is 1.01. The summed E-state index contributed by atoms with van der Waals surface area (Å²) in [6.45, 7) is 2.15. The largest absolute Gasteiger partial charge is 0.416 e. The topological polar surface area (TPSA) is 122 Å². The van der Waals surface area contributed by atoms with Crippen molar-refractivity contribution in [2.24, 2.45) is 11.8 Å². The average molecular weight is 483 g/mol. The van der Waals surface area contributed by atoms with Crippen LogP contribution < -0.4 is 10.2 Å². The van der Waals surface area contributed by atoms with Crippen molar-refractivity contribution in [3.8, 4) is 11.5 Å². The van der Waals surface area contributed by atoms with Crippen molar-refractivity contribution in [2.45, 2.75) is 18.5 Å². The van der Waals surface area contributed by atoms with E-state index in [1.807, 2.05) is 0 Å². The van der Waals surface area contributed by atoms with Crippen LogP contribution in [0.2, 0.25) is 0 Å². The summed E-state index contributed by atoms with van der Waals surface area (Å²) in [4.78, 5) is 10.6. The van der Waals surface area contributed by atoms with Gasteiger partial charge in [-0.1, -0.05) is 17.2 Å². The molecule has 1 aliphatic carbocycles. The van der Waals surface area contributed by atoms with E-state index >= 15 is 0 Å². The van der Waals surface area contributed by atoms with E-state index in [0.29, 0.717) is 54.1 Å². The number of benzene rings is 1. The summed E-state index contributed by atoms with van der Waals surface area (Å²) in [5, 5.41) is 22.1. The molecule has 6 rings (SSSR count). The number of aromatic nitrogens is 7. The molecule has 3 atom stereocenters. The number of hydrogen-bond donors (Lipinski definition) is 2. The lowest BCUT2D eigenvalue weighted by molar-refractivity contribution is -0.137. The van der Waals surface area contributed by atoms with E-state index in [-0.39, 0.29) is 0 Å². The number of halogens is 3. The van der Waals surface area contributed by atoms with Crippen LogP contribution in [0.1, 0.15) is 22.7 Å². The third-order valence-corrected chi connectivity index (χ3v) is 6.53. The molecule has 35 heavy (non-hydrogen) atoms. The van der Waals surface area contributed by atoms with Crippen molar-refractivity contribution in [1.29, 1.82) is 0 Å². The number of nitrogens with one attached hydrogen (secondary N) is 2. The third-order valence-electron chi connectivity index (χ3n) is 6.53. The van der Waals surface area contributed by atoms with Crippen molar-refractivity contribution in [2.75, 3.05) is 29.9 Å². The molecule has 0 radical (unpaired) electrons. The maximum Gasteiger partial charge on any atom is 0.416 e. The molecular weight excluding hydrogens is 463 g/mol. The van der Waals surface area contributed by atoms with Crippen LogP contribution in [-0.2, 0) is 12.6 Å². The molecule has 180 valence electrons. The van der Waals surface area contributed by atoms with Gasteiger partial charge in [0, 0.05) is 37.9 Å². The number of hydrogen-bond acceptors (Lipinski definition) is 9. The Morgan fingerprint density at radius 2 is 1.77 bits per heavy atom. The van der Waals surface area contributed by atoms with Crippen LogP contribution >= 0.6 is 0 Å². The molecule has 4 aromatic rings. The molecule has 10 nitrogen and oxygen atoms in total. The van der Waals surface area contributed by atoms with Gasteiger partial charge in [0.2, 0.25) is 5.95 Å². The number of anilines is 2. The first-order valence-electron chi connectivity index (χ1n) is 11.1. The minimum Gasteiger partial charge on any atom is -0.403 e. The molecule has 13 heteroatoms. The zero-order valence-electron chi connectivity index (χ0n) is 18.3. The highest BCUT2D eigenvalue weighted by Gasteiger charge is 2.58. The van der Waals surface area contributed by atoms with Gasteiger partial charge in [0.05, 0.1) is 23.0 Å². The average Bonchev–Trinajstić information content (AvgIpc) is 3.39. The molecule has 0 spiro atoms. The fourth-order valence-corrected chi connectivity index (χ4v) is 4.66. The van der Waals surface area contributed by atoms with Gasteiger partial charge in [-0.25, -0.2) is 9.97 Å². The third kappa shape index (κ3) is 4.29. The van der Waals surface area contributed by atoms with E-state index in [9.17, 15) is 13.2 Å². The summed E-state index contributed by atoms with van der Waals surface area (Å²) in [5.74, 6) is 2.22. The second kappa shape index (κ2) is 8.32. The van der Waals surface area contributed by atoms with E-state index in [2.05, 4.69) is 45.8 Å². The normalized spacial score (nSPS) is 21.2. The lowest BCUT2D eigenvalue weighted by atomic mass is 10.1. The van der Waals surface area contributed by atoms with Gasteiger partial charge in [-0.3, -0.25) is 0 Å². The SMILES string of the molecule is FC(F)(F)c1ccc(CCNc2ncc(-c3nnc(N4C[C@@H]5C(c6cn[nH]n6)[C@@H]5C4)o3)cn2)cc1. The molecule has 0 bridgehead atoms. The predicted molar refractivity (Wildman–Crippen MR) is 117 cm³/mol. The van der Waals surface area contributed by atoms with Gasteiger partial charge in [0.15, 0.2) is 0 Å². The molecule has 1 saturated carbocycles. The highest BCUT2D eigenvalue weighted by Crippen LogP contribution is 2.58. The van der Waals surface area contributed by atoms with Crippen LogP contribution in [0.4, 0.5) is 25.1 Å². The van der Waals surface area contributed by atoms with E-state index in [1.165, 1.54) is 12.1 Å². The highest BCUT2D eigenvalue weighted by atomic mass is 19.4. The molecule has 4 heterocycles. The predicted octanol–water partition coefficient (Wildman–Crippen LogP) is 3.17. The van der Waals surface area contributed by atoms with E-state index in [1.54, 1.807) is 18.6 Å². The summed E-state index contributed by atoms with van der Waals surface area (Å²) in [6.07, 6.45) is 1.17. The van der Waals surface area contributed by atoms with Crippen LogP contribution in [0.5, 0.6) is 0 Å². The molecule has 0 amide bonds. The van der Waals surface area contributed by atoms with Gasteiger partial charge in [0.25, 0.3) is 5.89 Å². The second-order valence-corrected chi connectivity index (χ2v) is 8.71. The summed E-state index contributed by atoms with van der Waals surface area (Å²) in [7, 11) is 0. The number of H-pyrrole nitrogens is 1. The van der Waals surface area contributed by atoms with Crippen LogP contribution in [0.15, 0.2) is 47.3 Å². The molecule has 3 aromatic heterocycles. The zero-order chi connectivity index (χ0) is 24.0. The summed E-state index contributed by atoms with van der Waals surface area (Å²) >= 11 is 0. The lowest BCUT2D eigenvalue weighted by Crippen LogP contribution is -2.23. The first kappa shape index (κ1) is 21.5. The van der Waals surface area contributed by atoms with E-state index in [4.69, 9.17) is 4.42 Å². The summed E-state index contributed by atoms with van der Waals surface area (Å²) in [6, 6.07) is 5.59. The highest BCUT2D eigenvalue weighted by molar-refractivity contribution is 5.52. The van der Waals surface area contributed by atoms with Crippen LogP contribution in [0, 0.1) is 11.8 Å². The quantitative estimate of drug-likeness (QED) is 0.408. The van der Waals surface area contributed by atoms with Gasteiger partial charge in [-0.05, 0) is 36.0 Å². The Bertz CT molecular complexity index is 1280. The Morgan fingerprint density at radius 1 is 1.03 bits per heavy atom. The number of fused-ring (bicyclic) bond motifs is 1. The van der Waals surface area contributed by atoms with Crippen LogP contribution in [-0.4, -0.2) is 55.2 Å². The van der Waals surface area contributed by atoms with Crippen molar-refractivity contribution in [3.05, 3.63) is 59.7 Å². The van der Waals surface area contributed by atoms with Gasteiger partial charge in [0.1, 0.15) is 0 Å². The summed E-state index contributed by atoms with van der Waals surface area (Å²) < 4.78 is 43.8. The van der Waals surface area contributed by atoms with Crippen molar-refractivity contribution in [3.63, 3.8) is 0 Å². The zero-order valence-corrected chi connectivity index (χ0v) is 18.3. The van der Waals surface area contributed by atoms with Gasteiger partial charge in [-0.15, -0.1) is 5.10 Å². The lowest BCUT2D eigenvalue weighted by Gasteiger charge is -2.15. The molecule has 1 unspecified atom stereocenters. The molecule has 2 aliphatic rings. The number of alkyl halides is 3. The molecule has 2 fully saturated rings. The van der Waals surface area contributed by atoms with Crippen molar-refractivity contribution in [1.82, 2.24) is 35.6 Å². The van der Waals surface area contributed by atoms with Crippen LogP contribution in [0.25, 0.3) is 11.5 Å². The Hall–Kier alpha value is -4.03. The number of aromatic amines is 1. The molecule has 1 aliphatic heterocycles. The molecular formula is C22H20F3N9O. The fourth-order valence-electron chi connectivity index (χ4n) is 4.66. The first-order chi connectivity index (χ1) is 17.0. The maximum atomic E-state index is 12.7. The molecule has 1 aromatic carbocycles. The Morgan fingerprint density at radius 3 is 2.43 bits per heavy atom. The summed E-state index contributed by atoms with van der Waals surface area (Å²) in [5.41, 5.74) is 1.74. The van der Waals surface area contributed by atoms with Gasteiger partial charge in [-0.2, -0.15) is 28.6 Å². The first-order valence-corrected chi connectivity index (χ1v) is 11.1. The molecule has 1 saturated heterocycles. The minimum absolute atomic E-state index is 0.338. The number of rotatable bonds is 7. The Kier molecular flexibility index (Phi) is 5.11.